The van der Waals surface area contributed by atoms with Gasteiger partial charge in [0, 0.05) is 26.3 Å². The summed E-state index contributed by atoms with van der Waals surface area (Å²) in [5, 5.41) is 5.81. The average Bonchev–Trinajstić information content (AvgIpc) is 2.89. The van der Waals surface area contributed by atoms with Crippen LogP contribution < -0.4 is 15.4 Å². The molecule has 1 aromatic heterocycles. The van der Waals surface area contributed by atoms with Crippen molar-refractivity contribution in [2.75, 3.05) is 26.7 Å². The quantitative estimate of drug-likeness (QED) is 0.853. The first-order chi connectivity index (χ1) is 12.6. The molecule has 138 valence electrons. The van der Waals surface area contributed by atoms with Gasteiger partial charge in [-0.2, -0.15) is 0 Å². The third-order valence-corrected chi connectivity index (χ3v) is 4.34. The highest BCUT2D eigenvalue weighted by atomic mass is 35.5. The van der Waals surface area contributed by atoms with Crippen molar-refractivity contribution in [3.05, 3.63) is 58.5 Å². The van der Waals surface area contributed by atoms with E-state index in [0.717, 1.165) is 0 Å². The molecule has 1 saturated heterocycles. The molecule has 0 radical (unpaired) electrons. The van der Waals surface area contributed by atoms with Crippen molar-refractivity contribution in [2.45, 2.75) is 12.2 Å². The lowest BCUT2D eigenvalue weighted by Gasteiger charge is -2.26. The molecule has 8 heteroatoms. The maximum Gasteiger partial charge on any atom is 0.256 e. The molecule has 26 heavy (non-hydrogen) atoms. The normalized spacial score (nSPS) is 20.3. The molecule has 2 heterocycles. The maximum absolute atomic E-state index is 13.9. The smallest absolute Gasteiger partial charge is 0.256 e. The van der Waals surface area contributed by atoms with Crippen LogP contribution in [0.15, 0.2) is 36.5 Å². The molecule has 1 fully saturated rings. The number of pyridine rings is 1. The summed E-state index contributed by atoms with van der Waals surface area (Å²) in [7, 11) is 1.54. The monoisotopic (exact) mass is 379 g/mol. The summed E-state index contributed by atoms with van der Waals surface area (Å²) < 4.78 is 25.8. The summed E-state index contributed by atoms with van der Waals surface area (Å²) in [6.07, 6.45) is 0.511. The number of amides is 1. The minimum atomic E-state index is -0.531. The molecule has 0 bridgehead atoms. The van der Waals surface area contributed by atoms with Crippen molar-refractivity contribution in [2.24, 2.45) is 0 Å². The number of benzene rings is 1. The van der Waals surface area contributed by atoms with Crippen molar-refractivity contribution in [3.8, 4) is 5.88 Å². The summed E-state index contributed by atoms with van der Waals surface area (Å²) in [6, 6.07) is 7.82. The van der Waals surface area contributed by atoms with Gasteiger partial charge in [-0.3, -0.25) is 4.79 Å². The molecule has 3 rings (SSSR count). The molecular weight excluding hydrogens is 361 g/mol. The van der Waals surface area contributed by atoms with Crippen LogP contribution in [0.25, 0.3) is 0 Å². The van der Waals surface area contributed by atoms with E-state index in [1.54, 1.807) is 24.4 Å². The predicted molar refractivity (Wildman–Crippen MR) is 95.0 cm³/mol. The number of rotatable bonds is 4. The van der Waals surface area contributed by atoms with Gasteiger partial charge in [0.15, 0.2) is 0 Å². The third-order valence-electron chi connectivity index (χ3n) is 4.04. The lowest BCUT2D eigenvalue weighted by molar-refractivity contribution is -0.0105. The number of hydrogen-bond acceptors (Lipinski definition) is 5. The lowest BCUT2D eigenvalue weighted by atomic mass is 10.0. The minimum Gasteiger partial charge on any atom is -0.469 e. The van der Waals surface area contributed by atoms with Crippen molar-refractivity contribution in [1.29, 1.82) is 0 Å². The van der Waals surface area contributed by atoms with Gasteiger partial charge in [-0.1, -0.05) is 17.7 Å². The highest BCUT2D eigenvalue weighted by Gasteiger charge is 2.30. The Balaban J connectivity index is 1.90. The SMILES string of the molecule is CNC(=O)c1cccnc1O[C@@H]1CNCCO[C@H]1c1ccc(Cl)c(F)c1. The molecule has 6 nitrogen and oxygen atoms in total. The molecule has 1 amide bonds. The fourth-order valence-electron chi connectivity index (χ4n) is 2.76. The number of carbonyl (C=O) groups is 1. The van der Waals surface area contributed by atoms with Crippen molar-refractivity contribution < 1.29 is 18.7 Å². The van der Waals surface area contributed by atoms with Gasteiger partial charge in [-0.25, -0.2) is 9.37 Å². The van der Waals surface area contributed by atoms with E-state index in [-0.39, 0.29) is 16.8 Å². The molecule has 2 aromatic rings. The number of aromatic nitrogens is 1. The molecule has 0 unspecified atom stereocenters. The van der Waals surface area contributed by atoms with Gasteiger partial charge in [0.1, 0.15) is 23.6 Å². The first-order valence-electron chi connectivity index (χ1n) is 8.21. The van der Waals surface area contributed by atoms with E-state index in [9.17, 15) is 9.18 Å². The number of nitrogens with zero attached hydrogens (tertiary/aromatic N) is 1. The predicted octanol–water partition coefficient (Wildman–Crippen LogP) is 2.34. The van der Waals surface area contributed by atoms with Gasteiger partial charge in [-0.15, -0.1) is 0 Å². The largest absolute Gasteiger partial charge is 0.469 e. The molecular formula is C18H19ClFN3O3. The van der Waals surface area contributed by atoms with Crippen LogP contribution in [0, 0.1) is 5.82 Å². The maximum atomic E-state index is 13.9. The number of carbonyl (C=O) groups excluding carboxylic acids is 1. The Hall–Kier alpha value is -2.22. The minimum absolute atomic E-state index is 0.0459. The van der Waals surface area contributed by atoms with Gasteiger partial charge in [0.2, 0.25) is 5.88 Å². The number of halogens is 2. The Morgan fingerprint density at radius 2 is 2.31 bits per heavy atom. The topological polar surface area (TPSA) is 72.5 Å². The van der Waals surface area contributed by atoms with Gasteiger partial charge in [0.05, 0.1) is 11.6 Å². The van der Waals surface area contributed by atoms with Crippen molar-refractivity contribution in [1.82, 2.24) is 15.6 Å². The zero-order valence-corrected chi connectivity index (χ0v) is 14.9. The molecule has 0 spiro atoms. The molecule has 2 N–H and O–H groups in total. The summed E-state index contributed by atoms with van der Waals surface area (Å²) in [5.74, 6) is -0.624. The van der Waals surface area contributed by atoms with Gasteiger partial charge >= 0.3 is 0 Å². The summed E-state index contributed by atoms with van der Waals surface area (Å²) in [6.45, 7) is 1.54. The number of hydrogen-bond donors (Lipinski definition) is 2. The van der Waals surface area contributed by atoms with E-state index in [1.165, 1.54) is 19.2 Å². The van der Waals surface area contributed by atoms with Gasteiger partial charge < -0.3 is 20.1 Å². The van der Waals surface area contributed by atoms with Crippen LogP contribution in [0.1, 0.15) is 22.0 Å². The molecule has 1 aliphatic heterocycles. The Bertz CT molecular complexity index is 790. The van der Waals surface area contributed by atoms with Crippen LogP contribution in [0.5, 0.6) is 5.88 Å². The van der Waals surface area contributed by atoms with E-state index in [2.05, 4.69) is 15.6 Å². The Morgan fingerprint density at radius 1 is 1.46 bits per heavy atom. The molecule has 0 saturated carbocycles. The number of nitrogens with one attached hydrogen (secondary N) is 2. The van der Waals surface area contributed by atoms with E-state index in [0.29, 0.717) is 30.8 Å². The van der Waals surface area contributed by atoms with Crippen LogP contribution in [-0.2, 0) is 4.74 Å². The van der Waals surface area contributed by atoms with Crippen LogP contribution >= 0.6 is 11.6 Å². The molecule has 0 aliphatic carbocycles. The first-order valence-corrected chi connectivity index (χ1v) is 8.59. The van der Waals surface area contributed by atoms with Crippen LogP contribution in [0.4, 0.5) is 4.39 Å². The second-order valence-corrected chi connectivity index (χ2v) is 6.17. The fraction of sp³-hybridized carbons (Fsp3) is 0.333. The molecule has 2 atom stereocenters. The van der Waals surface area contributed by atoms with E-state index >= 15 is 0 Å². The molecule has 1 aromatic carbocycles. The number of ether oxygens (including phenoxy) is 2. The standard InChI is InChI=1S/C18H19ClFN3O3/c1-21-17(24)12-3-2-6-23-18(12)26-15-10-22-7-8-25-16(15)11-4-5-13(19)14(20)9-11/h2-6,9,15-16,22H,7-8,10H2,1H3,(H,21,24)/t15-,16+/m1/s1. The highest BCUT2D eigenvalue weighted by molar-refractivity contribution is 6.30. The summed E-state index contributed by atoms with van der Waals surface area (Å²) in [5.41, 5.74) is 0.929. The van der Waals surface area contributed by atoms with E-state index in [4.69, 9.17) is 21.1 Å². The van der Waals surface area contributed by atoms with E-state index < -0.39 is 18.0 Å². The van der Waals surface area contributed by atoms with Crippen LogP contribution in [-0.4, -0.2) is 43.7 Å². The molecule has 1 aliphatic rings. The Morgan fingerprint density at radius 3 is 3.08 bits per heavy atom. The Labute approximate surface area is 155 Å². The van der Waals surface area contributed by atoms with Crippen LogP contribution in [0.2, 0.25) is 5.02 Å². The summed E-state index contributed by atoms with van der Waals surface area (Å²) >= 11 is 5.78. The highest BCUT2D eigenvalue weighted by Crippen LogP contribution is 2.29. The van der Waals surface area contributed by atoms with Gasteiger partial charge in [0.25, 0.3) is 5.91 Å². The fourth-order valence-corrected chi connectivity index (χ4v) is 2.87. The zero-order chi connectivity index (χ0) is 18.5. The van der Waals surface area contributed by atoms with E-state index in [1.807, 2.05) is 0 Å². The van der Waals surface area contributed by atoms with Crippen LogP contribution in [0.3, 0.4) is 0 Å². The van der Waals surface area contributed by atoms with Crippen molar-refractivity contribution in [3.63, 3.8) is 0 Å². The lowest BCUT2D eigenvalue weighted by Crippen LogP contribution is -2.35. The van der Waals surface area contributed by atoms with Crippen molar-refractivity contribution >= 4 is 17.5 Å². The first kappa shape index (κ1) is 18.6. The zero-order valence-electron chi connectivity index (χ0n) is 14.2. The van der Waals surface area contributed by atoms with Gasteiger partial charge in [-0.05, 0) is 29.8 Å². The third kappa shape index (κ3) is 4.12. The summed E-state index contributed by atoms with van der Waals surface area (Å²) in [4.78, 5) is 16.2. The second-order valence-electron chi connectivity index (χ2n) is 5.76. The average molecular weight is 380 g/mol. The second kappa shape index (κ2) is 8.44. The Kier molecular flexibility index (Phi) is 6.03.